The molecule has 0 amide bonds. The predicted molar refractivity (Wildman–Crippen MR) is 92.8 cm³/mol. The van der Waals surface area contributed by atoms with Crippen molar-refractivity contribution in [3.8, 4) is 5.75 Å². The number of hydrogen-bond acceptors (Lipinski definition) is 4. The molecule has 1 aliphatic carbocycles. The standard InChI is InChI=1S/C19H28F2N2O2/c20-19(21)25-18-8-4-1-5-15(18)13-22-10-11-23(16-6-2-3-7-16)17(14-22)9-12-24/h1,4-5,8,16-17,19,24H,2-3,6-7,9-14H2. The average molecular weight is 354 g/mol. The van der Waals surface area contributed by atoms with E-state index in [0.717, 1.165) is 31.6 Å². The van der Waals surface area contributed by atoms with Crippen molar-refractivity contribution in [1.82, 2.24) is 9.80 Å². The number of ether oxygens (including phenoxy) is 1. The van der Waals surface area contributed by atoms with Crippen molar-refractivity contribution in [2.75, 3.05) is 26.2 Å². The number of alkyl halides is 2. The molecule has 0 aromatic heterocycles. The Morgan fingerprint density at radius 3 is 2.64 bits per heavy atom. The van der Waals surface area contributed by atoms with Crippen LogP contribution in [0.25, 0.3) is 0 Å². The van der Waals surface area contributed by atoms with Crippen LogP contribution in [0, 0.1) is 0 Å². The maximum atomic E-state index is 12.6. The minimum Gasteiger partial charge on any atom is -0.434 e. The van der Waals surface area contributed by atoms with Crippen LogP contribution in [0.2, 0.25) is 0 Å². The van der Waals surface area contributed by atoms with Crippen molar-refractivity contribution in [2.24, 2.45) is 0 Å². The second-order valence-corrected chi connectivity index (χ2v) is 7.06. The van der Waals surface area contributed by atoms with Crippen LogP contribution in [0.4, 0.5) is 8.78 Å². The molecule has 1 heterocycles. The number of aliphatic hydroxyl groups is 1. The van der Waals surface area contributed by atoms with Gasteiger partial charge in [-0.15, -0.1) is 0 Å². The number of nitrogens with zero attached hydrogens (tertiary/aromatic N) is 2. The van der Waals surface area contributed by atoms with E-state index >= 15 is 0 Å². The smallest absolute Gasteiger partial charge is 0.387 e. The van der Waals surface area contributed by atoms with Crippen molar-refractivity contribution in [3.05, 3.63) is 29.8 Å². The highest BCUT2D eigenvalue weighted by molar-refractivity contribution is 5.33. The molecule has 1 aliphatic heterocycles. The van der Waals surface area contributed by atoms with E-state index < -0.39 is 6.61 Å². The maximum absolute atomic E-state index is 12.6. The van der Waals surface area contributed by atoms with E-state index in [4.69, 9.17) is 0 Å². The van der Waals surface area contributed by atoms with E-state index in [2.05, 4.69) is 14.5 Å². The summed E-state index contributed by atoms with van der Waals surface area (Å²) in [4.78, 5) is 4.86. The highest BCUT2D eigenvalue weighted by Gasteiger charge is 2.33. The molecule has 140 valence electrons. The number of halogens is 2. The van der Waals surface area contributed by atoms with Crippen molar-refractivity contribution in [1.29, 1.82) is 0 Å². The molecule has 4 nitrogen and oxygen atoms in total. The highest BCUT2D eigenvalue weighted by Crippen LogP contribution is 2.29. The summed E-state index contributed by atoms with van der Waals surface area (Å²) in [6.07, 6.45) is 5.88. The lowest BCUT2D eigenvalue weighted by Crippen LogP contribution is -2.56. The Kier molecular flexibility index (Phi) is 6.62. The Balaban J connectivity index is 1.64. The molecule has 0 spiro atoms. The molecule has 1 aromatic carbocycles. The molecule has 1 unspecified atom stereocenters. The summed E-state index contributed by atoms with van der Waals surface area (Å²) in [5.74, 6) is 0.259. The summed E-state index contributed by atoms with van der Waals surface area (Å²) in [5, 5.41) is 9.45. The molecule has 25 heavy (non-hydrogen) atoms. The van der Waals surface area contributed by atoms with Crippen LogP contribution in [0.15, 0.2) is 24.3 Å². The van der Waals surface area contributed by atoms with Crippen molar-refractivity contribution in [3.63, 3.8) is 0 Å². The van der Waals surface area contributed by atoms with Gasteiger partial charge in [0.1, 0.15) is 5.75 Å². The predicted octanol–water partition coefficient (Wildman–Crippen LogP) is 3.10. The molecule has 1 atom stereocenters. The van der Waals surface area contributed by atoms with E-state index in [9.17, 15) is 13.9 Å². The summed E-state index contributed by atoms with van der Waals surface area (Å²) in [6, 6.07) is 8.00. The van der Waals surface area contributed by atoms with Crippen LogP contribution in [0.1, 0.15) is 37.7 Å². The second kappa shape index (κ2) is 8.92. The van der Waals surface area contributed by atoms with Crippen LogP contribution in [0.5, 0.6) is 5.75 Å². The monoisotopic (exact) mass is 354 g/mol. The molecule has 1 saturated carbocycles. The molecule has 0 radical (unpaired) electrons. The first-order valence-corrected chi connectivity index (χ1v) is 9.29. The van der Waals surface area contributed by atoms with E-state index in [-0.39, 0.29) is 12.4 Å². The number of piperazine rings is 1. The van der Waals surface area contributed by atoms with Gasteiger partial charge >= 0.3 is 6.61 Å². The van der Waals surface area contributed by atoms with E-state index in [1.807, 2.05) is 12.1 Å². The van der Waals surface area contributed by atoms with Crippen LogP contribution in [-0.4, -0.2) is 59.8 Å². The topological polar surface area (TPSA) is 35.9 Å². The Morgan fingerprint density at radius 2 is 1.92 bits per heavy atom. The van der Waals surface area contributed by atoms with E-state index in [1.54, 1.807) is 12.1 Å². The first-order valence-electron chi connectivity index (χ1n) is 9.29. The zero-order valence-corrected chi connectivity index (χ0v) is 14.6. The van der Waals surface area contributed by atoms with Gasteiger partial charge in [-0.2, -0.15) is 8.78 Å². The lowest BCUT2D eigenvalue weighted by Gasteiger charge is -2.44. The van der Waals surface area contributed by atoms with Gasteiger partial charge in [-0.1, -0.05) is 31.0 Å². The fraction of sp³-hybridized carbons (Fsp3) is 0.684. The van der Waals surface area contributed by atoms with Crippen LogP contribution >= 0.6 is 0 Å². The normalized spacial score (nSPS) is 23.4. The third-order valence-corrected chi connectivity index (χ3v) is 5.45. The second-order valence-electron chi connectivity index (χ2n) is 7.06. The van der Waals surface area contributed by atoms with Gasteiger partial charge in [0, 0.05) is 50.4 Å². The van der Waals surface area contributed by atoms with Crippen LogP contribution in [0.3, 0.4) is 0 Å². The Hall–Kier alpha value is -1.24. The van der Waals surface area contributed by atoms with Gasteiger partial charge in [-0.3, -0.25) is 9.80 Å². The molecule has 1 saturated heterocycles. The molecule has 2 aliphatic rings. The third kappa shape index (κ3) is 4.90. The summed E-state index contributed by atoms with van der Waals surface area (Å²) in [5.41, 5.74) is 0.792. The minimum absolute atomic E-state index is 0.187. The maximum Gasteiger partial charge on any atom is 0.387 e. The molecule has 3 rings (SSSR count). The van der Waals surface area contributed by atoms with Gasteiger partial charge in [0.25, 0.3) is 0 Å². The lowest BCUT2D eigenvalue weighted by molar-refractivity contribution is -0.0511. The van der Waals surface area contributed by atoms with Gasteiger partial charge in [0.15, 0.2) is 0 Å². The van der Waals surface area contributed by atoms with Crippen molar-refractivity contribution in [2.45, 2.75) is 57.3 Å². The first kappa shape index (κ1) is 18.5. The average Bonchev–Trinajstić information content (AvgIpc) is 3.11. The quantitative estimate of drug-likeness (QED) is 0.816. The minimum atomic E-state index is -2.80. The molecular formula is C19H28F2N2O2. The lowest BCUT2D eigenvalue weighted by atomic mass is 10.0. The number of rotatable bonds is 7. The SMILES string of the molecule is OCCC1CN(Cc2ccccc2OC(F)F)CCN1C1CCCC1. The zero-order chi connectivity index (χ0) is 17.6. The molecular weight excluding hydrogens is 326 g/mol. The Morgan fingerprint density at radius 1 is 1.16 bits per heavy atom. The number of aliphatic hydroxyl groups excluding tert-OH is 1. The molecule has 6 heteroatoms. The molecule has 0 bridgehead atoms. The summed E-state index contributed by atoms with van der Waals surface area (Å²) in [7, 11) is 0. The summed E-state index contributed by atoms with van der Waals surface area (Å²) in [6.45, 7) is 0.743. The number of hydrogen-bond donors (Lipinski definition) is 1. The van der Waals surface area contributed by atoms with Gasteiger partial charge in [-0.25, -0.2) is 0 Å². The van der Waals surface area contributed by atoms with Gasteiger partial charge in [0.2, 0.25) is 0 Å². The molecule has 1 N–H and O–H groups in total. The first-order chi connectivity index (χ1) is 12.2. The van der Waals surface area contributed by atoms with E-state index in [1.165, 1.54) is 25.7 Å². The van der Waals surface area contributed by atoms with Crippen molar-refractivity contribution >= 4 is 0 Å². The number of para-hydroxylation sites is 1. The largest absolute Gasteiger partial charge is 0.434 e. The van der Waals surface area contributed by atoms with Gasteiger partial charge in [0.05, 0.1) is 0 Å². The fourth-order valence-corrected chi connectivity index (χ4v) is 4.29. The van der Waals surface area contributed by atoms with Crippen LogP contribution < -0.4 is 4.74 Å². The zero-order valence-electron chi connectivity index (χ0n) is 14.6. The van der Waals surface area contributed by atoms with Crippen LogP contribution in [-0.2, 0) is 6.54 Å². The fourth-order valence-electron chi connectivity index (χ4n) is 4.29. The molecule has 1 aromatic rings. The Labute approximate surface area is 148 Å². The van der Waals surface area contributed by atoms with Gasteiger partial charge in [-0.05, 0) is 25.3 Å². The molecule has 2 fully saturated rings. The van der Waals surface area contributed by atoms with E-state index in [0.29, 0.717) is 18.6 Å². The highest BCUT2D eigenvalue weighted by atomic mass is 19.3. The van der Waals surface area contributed by atoms with Gasteiger partial charge < -0.3 is 9.84 Å². The summed E-state index contributed by atoms with van der Waals surface area (Å²) < 4.78 is 29.8. The van der Waals surface area contributed by atoms with Crippen molar-refractivity contribution < 1.29 is 18.6 Å². The number of benzene rings is 1. The summed E-state index contributed by atoms with van der Waals surface area (Å²) >= 11 is 0. The third-order valence-electron chi connectivity index (χ3n) is 5.45. The Bertz CT molecular complexity index is 538.